The van der Waals surface area contributed by atoms with Crippen LogP contribution in [0.15, 0.2) is 29.2 Å². The maximum absolute atomic E-state index is 11.9. The smallest absolute Gasteiger partial charge is 0.226 e. The van der Waals surface area contributed by atoms with Gasteiger partial charge >= 0.3 is 0 Å². The van der Waals surface area contributed by atoms with Crippen LogP contribution in [0.2, 0.25) is 0 Å². The van der Waals surface area contributed by atoms with Crippen LogP contribution in [0.1, 0.15) is 27.7 Å². The molecule has 1 rings (SSSR count). The number of benzene rings is 1. The van der Waals surface area contributed by atoms with Crippen molar-refractivity contribution < 1.29 is 13.2 Å². The molecule has 0 radical (unpaired) electrons. The Hall–Kier alpha value is -1.36. The number of carbonyl (C=O) groups is 1. The lowest BCUT2D eigenvalue weighted by molar-refractivity contribution is -0.118. The monoisotopic (exact) mass is 269 g/mol. The Morgan fingerprint density at radius 2 is 1.56 bits per heavy atom. The molecule has 0 saturated heterocycles. The first-order valence-electron chi connectivity index (χ1n) is 5.90. The van der Waals surface area contributed by atoms with Crippen LogP contribution in [0.3, 0.4) is 0 Å². The van der Waals surface area contributed by atoms with E-state index >= 15 is 0 Å². The normalized spacial score (nSPS) is 11.9. The van der Waals surface area contributed by atoms with Gasteiger partial charge in [0.1, 0.15) is 0 Å². The number of hydrogen-bond donors (Lipinski definition) is 1. The Morgan fingerprint density at radius 3 is 1.94 bits per heavy atom. The number of rotatable bonds is 4. The summed E-state index contributed by atoms with van der Waals surface area (Å²) in [5.74, 6) is -0.196. The van der Waals surface area contributed by atoms with Crippen molar-refractivity contribution in [3.05, 3.63) is 24.3 Å². The first kappa shape index (κ1) is 14.7. The second-order valence-electron chi connectivity index (χ2n) is 4.76. The molecular weight excluding hydrogens is 250 g/mol. The van der Waals surface area contributed by atoms with Crippen molar-refractivity contribution in [3.8, 4) is 0 Å². The zero-order valence-corrected chi connectivity index (χ0v) is 11.9. The van der Waals surface area contributed by atoms with Gasteiger partial charge in [0.25, 0.3) is 0 Å². The third-order valence-corrected chi connectivity index (χ3v) is 4.77. The molecule has 0 saturated carbocycles. The van der Waals surface area contributed by atoms with Crippen molar-refractivity contribution >= 4 is 21.4 Å². The van der Waals surface area contributed by atoms with Crippen LogP contribution in [0.25, 0.3) is 0 Å². The van der Waals surface area contributed by atoms with Crippen LogP contribution in [-0.2, 0) is 14.6 Å². The minimum absolute atomic E-state index is 0.0885. The Morgan fingerprint density at radius 1 is 1.06 bits per heavy atom. The van der Waals surface area contributed by atoms with Crippen molar-refractivity contribution in [1.82, 2.24) is 0 Å². The highest BCUT2D eigenvalue weighted by Crippen LogP contribution is 2.18. The van der Waals surface area contributed by atoms with Gasteiger partial charge in [-0.05, 0) is 38.1 Å². The van der Waals surface area contributed by atoms with Gasteiger partial charge in [0, 0.05) is 11.6 Å². The predicted octanol–water partition coefficient (Wildman–Crippen LogP) is 2.46. The Bertz CT molecular complexity index is 516. The van der Waals surface area contributed by atoms with Gasteiger partial charge in [-0.15, -0.1) is 0 Å². The molecule has 0 aromatic heterocycles. The van der Waals surface area contributed by atoms with E-state index in [1.54, 1.807) is 39.8 Å². The average Bonchev–Trinajstić information content (AvgIpc) is 2.29. The van der Waals surface area contributed by atoms with E-state index in [1.165, 1.54) is 12.1 Å². The summed E-state index contributed by atoms with van der Waals surface area (Å²) in [6, 6.07) is 6.25. The van der Waals surface area contributed by atoms with E-state index in [2.05, 4.69) is 5.32 Å². The molecule has 5 heteroatoms. The zero-order valence-electron chi connectivity index (χ0n) is 11.1. The lowest BCUT2D eigenvalue weighted by Gasteiger charge is -2.10. The van der Waals surface area contributed by atoms with Crippen molar-refractivity contribution in [3.63, 3.8) is 0 Å². The Kier molecular flexibility index (Phi) is 4.51. The molecule has 4 nitrogen and oxygen atoms in total. The van der Waals surface area contributed by atoms with Crippen molar-refractivity contribution in [2.24, 2.45) is 5.92 Å². The molecule has 1 N–H and O–H groups in total. The number of nitrogens with one attached hydrogen (secondary N) is 1. The van der Waals surface area contributed by atoms with E-state index in [0.717, 1.165) is 0 Å². The van der Waals surface area contributed by atoms with Gasteiger partial charge in [-0.1, -0.05) is 13.8 Å². The topological polar surface area (TPSA) is 63.2 Å². The number of sulfone groups is 1. The van der Waals surface area contributed by atoms with Gasteiger partial charge in [0.15, 0.2) is 9.84 Å². The summed E-state index contributed by atoms with van der Waals surface area (Å²) in [5, 5.41) is 2.27. The quantitative estimate of drug-likeness (QED) is 0.913. The van der Waals surface area contributed by atoms with Gasteiger partial charge in [-0.25, -0.2) is 8.42 Å². The maximum atomic E-state index is 11.9. The molecule has 100 valence electrons. The summed E-state index contributed by atoms with van der Waals surface area (Å²) in [5.41, 5.74) is 0.608. The molecule has 1 aromatic rings. The highest BCUT2D eigenvalue weighted by atomic mass is 32.2. The van der Waals surface area contributed by atoms with Crippen LogP contribution >= 0.6 is 0 Å². The lowest BCUT2D eigenvalue weighted by atomic mass is 10.2. The summed E-state index contributed by atoms with van der Waals surface area (Å²) in [4.78, 5) is 11.8. The van der Waals surface area contributed by atoms with Gasteiger partial charge in [-0.3, -0.25) is 4.79 Å². The third-order valence-electron chi connectivity index (χ3n) is 2.60. The molecule has 1 amide bonds. The van der Waals surface area contributed by atoms with Crippen molar-refractivity contribution in [2.45, 2.75) is 37.8 Å². The van der Waals surface area contributed by atoms with Crippen LogP contribution in [0.5, 0.6) is 0 Å². The molecule has 0 bridgehead atoms. The van der Waals surface area contributed by atoms with E-state index in [0.29, 0.717) is 5.69 Å². The standard InChI is InChI=1S/C13H19NO3S/c1-9(2)13(15)14-11-5-7-12(8-6-11)18(16,17)10(3)4/h5-10H,1-4H3,(H,14,15). The average molecular weight is 269 g/mol. The predicted molar refractivity (Wildman–Crippen MR) is 72.2 cm³/mol. The molecule has 0 spiro atoms. The highest BCUT2D eigenvalue weighted by molar-refractivity contribution is 7.92. The number of anilines is 1. The first-order chi connectivity index (χ1) is 8.25. The molecule has 0 aliphatic heterocycles. The van der Waals surface area contributed by atoms with Gasteiger partial charge in [0.2, 0.25) is 5.91 Å². The van der Waals surface area contributed by atoms with Gasteiger partial charge in [-0.2, -0.15) is 0 Å². The molecule has 1 aromatic carbocycles. The molecular formula is C13H19NO3S. The Labute approximate surface area is 108 Å². The molecule has 0 fully saturated rings. The van der Waals surface area contributed by atoms with Crippen LogP contribution in [0, 0.1) is 5.92 Å². The second kappa shape index (κ2) is 5.52. The SMILES string of the molecule is CC(C)C(=O)Nc1ccc(S(=O)(=O)C(C)C)cc1. The van der Waals surface area contributed by atoms with Crippen molar-refractivity contribution in [2.75, 3.05) is 5.32 Å². The number of hydrogen-bond acceptors (Lipinski definition) is 3. The molecule has 0 atom stereocenters. The third kappa shape index (κ3) is 3.32. The van der Waals surface area contributed by atoms with E-state index in [1.807, 2.05) is 0 Å². The van der Waals surface area contributed by atoms with Crippen LogP contribution in [-0.4, -0.2) is 19.6 Å². The summed E-state index contributed by atoms with van der Waals surface area (Å²) < 4.78 is 23.8. The molecule has 0 unspecified atom stereocenters. The fraction of sp³-hybridized carbons (Fsp3) is 0.462. The first-order valence-corrected chi connectivity index (χ1v) is 7.44. The molecule has 0 aliphatic carbocycles. The summed E-state index contributed by atoms with van der Waals surface area (Å²) in [6.07, 6.45) is 0. The summed E-state index contributed by atoms with van der Waals surface area (Å²) in [7, 11) is -3.25. The number of carbonyl (C=O) groups excluding carboxylic acids is 1. The zero-order chi connectivity index (χ0) is 13.9. The van der Waals surface area contributed by atoms with E-state index in [9.17, 15) is 13.2 Å². The fourth-order valence-electron chi connectivity index (χ4n) is 1.29. The van der Waals surface area contributed by atoms with E-state index in [4.69, 9.17) is 0 Å². The second-order valence-corrected chi connectivity index (χ2v) is 7.27. The minimum atomic E-state index is -3.25. The van der Waals surface area contributed by atoms with Gasteiger partial charge in [0.05, 0.1) is 10.1 Å². The van der Waals surface area contributed by atoms with Crippen LogP contribution in [0.4, 0.5) is 5.69 Å². The van der Waals surface area contributed by atoms with Crippen LogP contribution < -0.4 is 5.32 Å². The maximum Gasteiger partial charge on any atom is 0.226 e. The molecule has 18 heavy (non-hydrogen) atoms. The molecule has 0 heterocycles. The van der Waals surface area contributed by atoms with E-state index < -0.39 is 15.1 Å². The van der Waals surface area contributed by atoms with Crippen molar-refractivity contribution in [1.29, 1.82) is 0 Å². The fourth-order valence-corrected chi connectivity index (χ4v) is 2.35. The molecule has 0 aliphatic rings. The lowest BCUT2D eigenvalue weighted by Crippen LogP contribution is -2.18. The van der Waals surface area contributed by atoms with E-state index in [-0.39, 0.29) is 16.7 Å². The summed E-state index contributed by atoms with van der Waals surface area (Å²) in [6.45, 7) is 6.88. The Balaban J connectivity index is 2.91. The van der Waals surface area contributed by atoms with Gasteiger partial charge < -0.3 is 5.32 Å². The minimum Gasteiger partial charge on any atom is -0.326 e. The largest absolute Gasteiger partial charge is 0.326 e. The summed E-state index contributed by atoms with van der Waals surface area (Å²) >= 11 is 0. The highest BCUT2D eigenvalue weighted by Gasteiger charge is 2.18. The number of amides is 1.